The number of allylic oxidation sites excluding steroid dienone is 1. The summed E-state index contributed by atoms with van der Waals surface area (Å²) in [5, 5.41) is 13.0. The molecule has 0 amide bonds. The lowest BCUT2D eigenvalue weighted by Crippen LogP contribution is -1.77. The maximum absolute atomic E-state index is 9.05. The van der Waals surface area contributed by atoms with Crippen LogP contribution in [0.1, 0.15) is 11.1 Å². The van der Waals surface area contributed by atoms with Gasteiger partial charge in [0.05, 0.1) is 11.6 Å². The van der Waals surface area contributed by atoms with Crippen LogP contribution in [0, 0.1) is 11.3 Å². The zero-order chi connectivity index (χ0) is 10.5. The van der Waals surface area contributed by atoms with Crippen LogP contribution >= 0.6 is 11.3 Å². The fourth-order valence-corrected chi connectivity index (χ4v) is 1.97. The largest absolute Gasteiger partial charge is 0.192 e. The maximum Gasteiger partial charge on any atom is 0.0998 e. The predicted octanol–water partition coefficient (Wildman–Crippen LogP) is 3.81. The number of rotatable bonds is 2. The molecule has 1 aromatic heterocycles. The second kappa shape index (κ2) is 4.59. The summed E-state index contributed by atoms with van der Waals surface area (Å²) in [6.07, 6.45) is 1.90. The summed E-state index contributed by atoms with van der Waals surface area (Å²) in [4.78, 5) is 0. The van der Waals surface area contributed by atoms with Crippen molar-refractivity contribution in [1.29, 1.82) is 5.26 Å². The molecule has 0 bridgehead atoms. The highest BCUT2D eigenvalue weighted by Gasteiger charge is 2.00. The lowest BCUT2D eigenvalue weighted by atomic mass is 10.1. The lowest BCUT2D eigenvalue weighted by molar-refractivity contribution is 1.53. The highest BCUT2D eigenvalue weighted by atomic mass is 32.1. The van der Waals surface area contributed by atoms with E-state index in [4.69, 9.17) is 5.26 Å². The van der Waals surface area contributed by atoms with Gasteiger partial charge < -0.3 is 0 Å². The van der Waals surface area contributed by atoms with Gasteiger partial charge in [-0.3, -0.25) is 0 Å². The zero-order valence-electron chi connectivity index (χ0n) is 8.05. The Bertz CT molecular complexity index is 489. The van der Waals surface area contributed by atoms with E-state index in [1.807, 2.05) is 53.2 Å². The van der Waals surface area contributed by atoms with Gasteiger partial charge in [0.15, 0.2) is 0 Å². The van der Waals surface area contributed by atoms with Crippen LogP contribution in [0.5, 0.6) is 0 Å². The van der Waals surface area contributed by atoms with E-state index in [9.17, 15) is 0 Å². The summed E-state index contributed by atoms with van der Waals surface area (Å²) >= 11 is 1.60. The van der Waals surface area contributed by atoms with Gasteiger partial charge in [-0.2, -0.15) is 16.6 Å². The van der Waals surface area contributed by atoms with Gasteiger partial charge in [0.2, 0.25) is 0 Å². The SMILES string of the molecule is N#C/C(=C\c1ccccc1)c1ccsc1. The third-order valence-electron chi connectivity index (χ3n) is 2.06. The molecule has 0 aliphatic heterocycles. The topological polar surface area (TPSA) is 23.8 Å². The first-order valence-electron chi connectivity index (χ1n) is 4.59. The predicted molar refractivity (Wildman–Crippen MR) is 64.2 cm³/mol. The molecular formula is C13H9NS. The molecule has 1 nitrogen and oxygen atoms in total. The van der Waals surface area contributed by atoms with E-state index in [2.05, 4.69) is 6.07 Å². The summed E-state index contributed by atoms with van der Waals surface area (Å²) < 4.78 is 0. The molecule has 0 saturated carbocycles. The van der Waals surface area contributed by atoms with Gasteiger partial charge in [-0.1, -0.05) is 30.3 Å². The lowest BCUT2D eigenvalue weighted by Gasteiger charge is -1.95. The Morgan fingerprint density at radius 2 is 2.00 bits per heavy atom. The third-order valence-corrected chi connectivity index (χ3v) is 2.75. The first kappa shape index (κ1) is 9.70. The Labute approximate surface area is 92.9 Å². The van der Waals surface area contributed by atoms with Crippen molar-refractivity contribution in [3.63, 3.8) is 0 Å². The van der Waals surface area contributed by atoms with Crippen LogP contribution < -0.4 is 0 Å². The summed E-state index contributed by atoms with van der Waals surface area (Å²) in [5.74, 6) is 0. The third kappa shape index (κ3) is 2.34. The molecule has 0 aliphatic carbocycles. The molecule has 2 rings (SSSR count). The standard InChI is InChI=1S/C13H9NS/c14-9-13(12-6-7-15-10-12)8-11-4-2-1-3-5-11/h1-8,10H/b13-8+. The van der Waals surface area contributed by atoms with Crippen LogP contribution in [0.2, 0.25) is 0 Å². The minimum Gasteiger partial charge on any atom is -0.192 e. The molecule has 0 N–H and O–H groups in total. The van der Waals surface area contributed by atoms with Crippen LogP contribution in [-0.4, -0.2) is 0 Å². The Hall–Kier alpha value is -1.85. The van der Waals surface area contributed by atoms with E-state index >= 15 is 0 Å². The van der Waals surface area contributed by atoms with Crippen LogP contribution in [0.25, 0.3) is 11.6 Å². The van der Waals surface area contributed by atoms with Crippen LogP contribution in [0.3, 0.4) is 0 Å². The van der Waals surface area contributed by atoms with E-state index in [1.54, 1.807) is 11.3 Å². The van der Waals surface area contributed by atoms with Gasteiger partial charge in [0, 0.05) is 5.56 Å². The minimum absolute atomic E-state index is 0.711. The molecule has 1 aromatic carbocycles. The molecule has 15 heavy (non-hydrogen) atoms. The number of nitrogens with zero attached hydrogens (tertiary/aromatic N) is 1. The van der Waals surface area contributed by atoms with Gasteiger partial charge in [-0.15, -0.1) is 0 Å². The molecule has 2 heteroatoms. The quantitative estimate of drug-likeness (QED) is 0.693. The Kier molecular flexibility index (Phi) is 2.96. The van der Waals surface area contributed by atoms with Crippen molar-refractivity contribution >= 4 is 23.0 Å². The number of benzene rings is 1. The van der Waals surface area contributed by atoms with E-state index in [1.165, 1.54) is 0 Å². The van der Waals surface area contributed by atoms with Crippen molar-refractivity contribution in [3.05, 3.63) is 58.3 Å². The highest BCUT2D eigenvalue weighted by molar-refractivity contribution is 7.08. The number of nitriles is 1. The molecule has 0 saturated heterocycles. The monoisotopic (exact) mass is 211 g/mol. The number of thiophene rings is 1. The maximum atomic E-state index is 9.05. The second-order valence-corrected chi connectivity index (χ2v) is 3.87. The summed E-state index contributed by atoms with van der Waals surface area (Å²) in [6, 6.07) is 14.1. The molecule has 2 aromatic rings. The van der Waals surface area contributed by atoms with E-state index in [0.29, 0.717) is 5.57 Å². The van der Waals surface area contributed by atoms with Crippen molar-refractivity contribution in [2.24, 2.45) is 0 Å². The van der Waals surface area contributed by atoms with Gasteiger partial charge >= 0.3 is 0 Å². The summed E-state index contributed by atoms with van der Waals surface area (Å²) in [6.45, 7) is 0. The average Bonchev–Trinajstić information content (AvgIpc) is 2.81. The van der Waals surface area contributed by atoms with Gasteiger partial charge in [-0.25, -0.2) is 0 Å². The highest BCUT2D eigenvalue weighted by Crippen LogP contribution is 2.19. The molecular weight excluding hydrogens is 202 g/mol. The summed E-state index contributed by atoms with van der Waals surface area (Å²) in [5.41, 5.74) is 2.76. The Morgan fingerprint density at radius 1 is 1.20 bits per heavy atom. The van der Waals surface area contributed by atoms with Crippen molar-refractivity contribution in [1.82, 2.24) is 0 Å². The van der Waals surface area contributed by atoms with Crippen molar-refractivity contribution in [3.8, 4) is 6.07 Å². The number of hydrogen-bond acceptors (Lipinski definition) is 2. The van der Waals surface area contributed by atoms with Gasteiger partial charge in [0.25, 0.3) is 0 Å². The molecule has 0 atom stereocenters. The van der Waals surface area contributed by atoms with Crippen molar-refractivity contribution in [2.75, 3.05) is 0 Å². The number of hydrogen-bond donors (Lipinski definition) is 0. The molecule has 1 heterocycles. The summed E-state index contributed by atoms with van der Waals surface area (Å²) in [7, 11) is 0. The fourth-order valence-electron chi connectivity index (χ4n) is 1.31. The van der Waals surface area contributed by atoms with E-state index in [-0.39, 0.29) is 0 Å². The molecule has 0 unspecified atom stereocenters. The normalized spacial score (nSPS) is 11.0. The zero-order valence-corrected chi connectivity index (χ0v) is 8.87. The molecule has 0 spiro atoms. The second-order valence-electron chi connectivity index (χ2n) is 3.09. The van der Waals surface area contributed by atoms with Gasteiger partial charge in [0.1, 0.15) is 0 Å². The van der Waals surface area contributed by atoms with Crippen LogP contribution in [-0.2, 0) is 0 Å². The Morgan fingerprint density at radius 3 is 2.60 bits per heavy atom. The van der Waals surface area contributed by atoms with E-state index < -0.39 is 0 Å². The van der Waals surface area contributed by atoms with Crippen LogP contribution in [0.15, 0.2) is 47.2 Å². The minimum atomic E-state index is 0.711. The van der Waals surface area contributed by atoms with Crippen molar-refractivity contribution < 1.29 is 0 Å². The Balaban J connectivity index is 2.37. The van der Waals surface area contributed by atoms with Crippen LogP contribution in [0.4, 0.5) is 0 Å². The fraction of sp³-hybridized carbons (Fsp3) is 0. The molecule has 0 aliphatic rings. The van der Waals surface area contributed by atoms with Crippen molar-refractivity contribution in [2.45, 2.75) is 0 Å². The first-order valence-corrected chi connectivity index (χ1v) is 5.54. The molecule has 0 fully saturated rings. The first-order chi connectivity index (χ1) is 7.40. The molecule has 72 valence electrons. The smallest absolute Gasteiger partial charge is 0.0998 e. The van der Waals surface area contributed by atoms with Gasteiger partial charge in [-0.05, 0) is 28.5 Å². The van der Waals surface area contributed by atoms with E-state index in [0.717, 1.165) is 11.1 Å². The molecule has 0 radical (unpaired) electrons. The average molecular weight is 211 g/mol.